The number of pyridine rings is 1. The van der Waals surface area contributed by atoms with Crippen molar-refractivity contribution in [3.05, 3.63) is 38.2 Å². The summed E-state index contributed by atoms with van der Waals surface area (Å²) in [6.45, 7) is 6.79. The third-order valence-electron chi connectivity index (χ3n) is 3.68. The Hall–Kier alpha value is -2.48. The van der Waals surface area contributed by atoms with Crippen molar-refractivity contribution in [1.82, 2.24) is 19.9 Å². The van der Waals surface area contributed by atoms with Gasteiger partial charge in [-0.3, -0.25) is 19.1 Å². The normalized spacial score (nSPS) is 11.2. The molecule has 8 heteroatoms. The van der Waals surface area contributed by atoms with Crippen molar-refractivity contribution in [3.8, 4) is 0 Å². The Balaban J connectivity index is 2.85. The van der Waals surface area contributed by atoms with E-state index in [1.807, 2.05) is 20.8 Å². The second-order valence-corrected chi connectivity index (χ2v) is 5.90. The average molecular weight is 333 g/mol. The van der Waals surface area contributed by atoms with Gasteiger partial charge in [0, 0.05) is 25.3 Å². The highest BCUT2D eigenvalue weighted by atomic mass is 16.2. The molecule has 2 aromatic rings. The molecule has 0 bridgehead atoms. The molecule has 1 amide bonds. The summed E-state index contributed by atoms with van der Waals surface area (Å²) in [6, 6.07) is 1.61. The zero-order valence-electron chi connectivity index (χ0n) is 14.2. The van der Waals surface area contributed by atoms with Gasteiger partial charge in [-0.25, -0.2) is 9.78 Å². The maximum atomic E-state index is 12.5. The van der Waals surface area contributed by atoms with Gasteiger partial charge in [0.05, 0.1) is 10.9 Å². The molecule has 4 N–H and O–H groups in total. The maximum absolute atomic E-state index is 12.5. The fourth-order valence-corrected chi connectivity index (χ4v) is 2.48. The van der Waals surface area contributed by atoms with Crippen LogP contribution in [0.15, 0.2) is 15.7 Å². The highest BCUT2D eigenvalue weighted by molar-refractivity contribution is 6.05. The lowest BCUT2D eigenvalue weighted by Crippen LogP contribution is -2.34. The van der Waals surface area contributed by atoms with Crippen molar-refractivity contribution in [1.29, 1.82) is 0 Å². The van der Waals surface area contributed by atoms with Gasteiger partial charge in [0.2, 0.25) is 0 Å². The Morgan fingerprint density at radius 2 is 2.12 bits per heavy atom. The summed E-state index contributed by atoms with van der Waals surface area (Å²) in [5.41, 5.74) is 5.40. The van der Waals surface area contributed by atoms with Crippen LogP contribution in [0.5, 0.6) is 0 Å². The number of hydrogen-bond donors (Lipinski definition) is 3. The van der Waals surface area contributed by atoms with Gasteiger partial charge < -0.3 is 11.1 Å². The summed E-state index contributed by atoms with van der Waals surface area (Å²) >= 11 is 0. The van der Waals surface area contributed by atoms with Crippen molar-refractivity contribution < 1.29 is 4.79 Å². The SMILES string of the molecule is CCCn1c(=O)[nH]c(=O)c2c(C(=O)NCCN)cc(C(C)C)nc21. The average Bonchev–Trinajstić information content (AvgIpc) is 2.55. The predicted molar refractivity (Wildman–Crippen MR) is 92.4 cm³/mol. The second kappa shape index (κ2) is 7.39. The first-order valence-corrected chi connectivity index (χ1v) is 8.06. The van der Waals surface area contributed by atoms with Crippen molar-refractivity contribution >= 4 is 16.9 Å². The second-order valence-electron chi connectivity index (χ2n) is 5.90. The first kappa shape index (κ1) is 17.9. The molecule has 0 saturated carbocycles. The Bertz CT molecular complexity index is 866. The van der Waals surface area contributed by atoms with Gasteiger partial charge in [0.15, 0.2) is 5.65 Å². The minimum Gasteiger partial charge on any atom is -0.351 e. The predicted octanol–water partition coefficient (Wildman–Crippen LogP) is 0.307. The van der Waals surface area contributed by atoms with E-state index >= 15 is 0 Å². The van der Waals surface area contributed by atoms with E-state index in [0.29, 0.717) is 31.7 Å². The fraction of sp³-hybridized carbons (Fsp3) is 0.500. The summed E-state index contributed by atoms with van der Waals surface area (Å²) in [6.07, 6.45) is 0.698. The lowest BCUT2D eigenvalue weighted by molar-refractivity contribution is 0.0956. The quantitative estimate of drug-likeness (QED) is 0.702. The van der Waals surface area contributed by atoms with Crippen molar-refractivity contribution in [2.45, 2.75) is 39.7 Å². The summed E-state index contributed by atoms with van der Waals surface area (Å²) in [5, 5.41) is 2.80. The van der Waals surface area contributed by atoms with Gasteiger partial charge in [-0.05, 0) is 18.4 Å². The van der Waals surface area contributed by atoms with E-state index < -0.39 is 17.2 Å². The maximum Gasteiger partial charge on any atom is 0.329 e. The van der Waals surface area contributed by atoms with Crippen molar-refractivity contribution in [2.24, 2.45) is 5.73 Å². The third kappa shape index (κ3) is 3.38. The molecular formula is C16H23N5O3. The van der Waals surface area contributed by atoms with Gasteiger partial charge in [-0.2, -0.15) is 0 Å². The number of aromatic amines is 1. The molecule has 0 spiro atoms. The number of rotatable bonds is 6. The van der Waals surface area contributed by atoms with Gasteiger partial charge in [-0.15, -0.1) is 0 Å². The number of nitrogens with two attached hydrogens (primary N) is 1. The number of nitrogens with one attached hydrogen (secondary N) is 2. The van der Waals surface area contributed by atoms with Crippen LogP contribution in [0.2, 0.25) is 0 Å². The molecule has 0 atom stereocenters. The fourth-order valence-electron chi connectivity index (χ4n) is 2.48. The van der Waals surface area contributed by atoms with Crippen LogP contribution >= 0.6 is 0 Å². The van der Waals surface area contributed by atoms with Crippen LogP contribution in [0.4, 0.5) is 0 Å². The number of H-pyrrole nitrogens is 1. The van der Waals surface area contributed by atoms with Gasteiger partial charge in [0.25, 0.3) is 11.5 Å². The smallest absolute Gasteiger partial charge is 0.329 e. The lowest BCUT2D eigenvalue weighted by Gasteiger charge is -2.14. The molecule has 0 aliphatic rings. The number of aryl methyl sites for hydroxylation is 1. The summed E-state index contributed by atoms with van der Waals surface area (Å²) in [4.78, 5) is 43.7. The number of hydrogen-bond acceptors (Lipinski definition) is 5. The Morgan fingerprint density at radius 3 is 2.71 bits per heavy atom. The summed E-state index contributed by atoms with van der Waals surface area (Å²) < 4.78 is 1.41. The summed E-state index contributed by atoms with van der Waals surface area (Å²) in [7, 11) is 0. The monoisotopic (exact) mass is 333 g/mol. The lowest BCUT2D eigenvalue weighted by atomic mass is 10.0. The molecule has 130 valence electrons. The highest BCUT2D eigenvalue weighted by Gasteiger charge is 2.20. The molecule has 0 radical (unpaired) electrons. The Kier molecular flexibility index (Phi) is 5.50. The molecule has 24 heavy (non-hydrogen) atoms. The van der Waals surface area contributed by atoms with E-state index in [1.54, 1.807) is 6.07 Å². The van der Waals surface area contributed by atoms with Crippen LogP contribution in [0.1, 0.15) is 49.2 Å². The molecule has 8 nitrogen and oxygen atoms in total. The van der Waals surface area contributed by atoms with Gasteiger partial charge in [-0.1, -0.05) is 20.8 Å². The van der Waals surface area contributed by atoms with Crippen molar-refractivity contribution in [3.63, 3.8) is 0 Å². The molecule has 2 heterocycles. The standard InChI is InChI=1S/C16H23N5O3/c1-4-7-21-13-12(15(23)20-16(21)24)10(14(22)18-6-5-17)8-11(19-13)9(2)3/h8-9H,4-7,17H2,1-3H3,(H,18,22)(H,20,23,24). The van der Waals surface area contributed by atoms with E-state index in [4.69, 9.17) is 5.73 Å². The number of aromatic nitrogens is 3. The van der Waals surface area contributed by atoms with Crippen molar-refractivity contribution in [2.75, 3.05) is 13.1 Å². The van der Waals surface area contributed by atoms with Crippen LogP contribution in [0.25, 0.3) is 11.0 Å². The Morgan fingerprint density at radius 1 is 1.42 bits per heavy atom. The van der Waals surface area contributed by atoms with E-state index in [2.05, 4.69) is 15.3 Å². The molecule has 0 unspecified atom stereocenters. The van der Waals surface area contributed by atoms with E-state index in [9.17, 15) is 14.4 Å². The van der Waals surface area contributed by atoms with Crippen LogP contribution in [0.3, 0.4) is 0 Å². The minimum absolute atomic E-state index is 0.0416. The molecule has 2 rings (SSSR count). The van der Waals surface area contributed by atoms with E-state index in [0.717, 1.165) is 0 Å². The molecular weight excluding hydrogens is 310 g/mol. The first-order valence-electron chi connectivity index (χ1n) is 8.06. The number of carbonyl (C=O) groups excluding carboxylic acids is 1. The number of amides is 1. The largest absolute Gasteiger partial charge is 0.351 e. The van der Waals surface area contributed by atoms with Crippen LogP contribution in [-0.2, 0) is 6.54 Å². The topological polar surface area (TPSA) is 123 Å². The minimum atomic E-state index is -0.608. The van der Waals surface area contributed by atoms with E-state index in [1.165, 1.54) is 4.57 Å². The van der Waals surface area contributed by atoms with Crippen LogP contribution < -0.4 is 22.3 Å². The number of fused-ring (bicyclic) bond motifs is 1. The Labute approximate surface area is 139 Å². The zero-order valence-corrected chi connectivity index (χ0v) is 14.2. The van der Waals surface area contributed by atoms with E-state index in [-0.39, 0.29) is 22.5 Å². The molecule has 0 aliphatic carbocycles. The first-order chi connectivity index (χ1) is 11.4. The molecule has 0 aliphatic heterocycles. The van der Waals surface area contributed by atoms with Crippen LogP contribution in [-0.4, -0.2) is 33.5 Å². The van der Waals surface area contributed by atoms with Crippen LogP contribution in [0, 0.1) is 0 Å². The highest BCUT2D eigenvalue weighted by Crippen LogP contribution is 2.19. The van der Waals surface area contributed by atoms with Gasteiger partial charge in [0.1, 0.15) is 0 Å². The summed E-state index contributed by atoms with van der Waals surface area (Å²) in [5.74, 6) is -0.359. The van der Waals surface area contributed by atoms with Gasteiger partial charge >= 0.3 is 5.69 Å². The third-order valence-corrected chi connectivity index (χ3v) is 3.68. The number of carbonyl (C=O) groups is 1. The molecule has 0 fully saturated rings. The zero-order chi connectivity index (χ0) is 17.9. The molecule has 0 saturated heterocycles. The number of nitrogens with zero attached hydrogens (tertiary/aromatic N) is 2. The molecule has 2 aromatic heterocycles. The molecule has 0 aromatic carbocycles.